The lowest BCUT2D eigenvalue weighted by molar-refractivity contribution is -0.125. The summed E-state index contributed by atoms with van der Waals surface area (Å²) in [6.07, 6.45) is 4.47. The van der Waals surface area contributed by atoms with Crippen LogP contribution >= 0.6 is 0 Å². The van der Waals surface area contributed by atoms with Gasteiger partial charge in [0.05, 0.1) is 12.1 Å². The van der Waals surface area contributed by atoms with Crippen molar-refractivity contribution in [1.82, 2.24) is 15.1 Å². The lowest BCUT2D eigenvalue weighted by Gasteiger charge is -2.31. The minimum atomic E-state index is -0.0448. The molecule has 1 aliphatic rings. The van der Waals surface area contributed by atoms with Crippen molar-refractivity contribution in [1.29, 1.82) is 0 Å². The Balaban J connectivity index is 1.65. The first kappa shape index (κ1) is 13.7. The zero-order valence-corrected chi connectivity index (χ0v) is 12.3. The van der Waals surface area contributed by atoms with Gasteiger partial charge in [0.1, 0.15) is 0 Å². The second-order valence-corrected chi connectivity index (χ2v) is 5.64. The van der Waals surface area contributed by atoms with Gasteiger partial charge in [-0.1, -0.05) is 18.2 Å². The van der Waals surface area contributed by atoms with Crippen LogP contribution in [-0.4, -0.2) is 21.7 Å². The van der Waals surface area contributed by atoms with Crippen LogP contribution in [0.1, 0.15) is 18.1 Å². The van der Waals surface area contributed by atoms with Gasteiger partial charge in [0, 0.05) is 37.1 Å². The van der Waals surface area contributed by atoms with Crippen molar-refractivity contribution in [3.8, 4) is 0 Å². The fourth-order valence-corrected chi connectivity index (χ4v) is 2.80. The first-order valence-electron chi connectivity index (χ1n) is 7.23. The zero-order valence-electron chi connectivity index (χ0n) is 12.3. The van der Waals surface area contributed by atoms with E-state index in [1.54, 1.807) is 10.9 Å². The second-order valence-electron chi connectivity index (χ2n) is 5.64. The van der Waals surface area contributed by atoms with Gasteiger partial charge in [0.15, 0.2) is 0 Å². The third-order valence-corrected chi connectivity index (χ3v) is 4.01. The summed E-state index contributed by atoms with van der Waals surface area (Å²) in [6, 6.07) is 8.31. The van der Waals surface area contributed by atoms with E-state index in [2.05, 4.69) is 34.8 Å². The van der Waals surface area contributed by atoms with Crippen molar-refractivity contribution in [2.24, 2.45) is 13.0 Å². The minimum Gasteiger partial charge on any atom is -0.382 e. The van der Waals surface area contributed by atoms with Gasteiger partial charge in [-0.3, -0.25) is 9.48 Å². The topological polar surface area (TPSA) is 59.0 Å². The molecule has 2 atom stereocenters. The monoisotopic (exact) mass is 284 g/mol. The van der Waals surface area contributed by atoms with Gasteiger partial charge < -0.3 is 10.6 Å². The van der Waals surface area contributed by atoms with E-state index >= 15 is 0 Å². The van der Waals surface area contributed by atoms with Gasteiger partial charge >= 0.3 is 0 Å². The molecule has 110 valence electrons. The molecule has 0 bridgehead atoms. The SMILES string of the molecule is CC1Nc2ccccc2CC1C(=O)NCc1cnn(C)c1. The maximum absolute atomic E-state index is 12.4. The molecule has 0 fully saturated rings. The number of hydrogen-bond donors (Lipinski definition) is 2. The summed E-state index contributed by atoms with van der Waals surface area (Å²) in [4.78, 5) is 12.4. The first-order valence-corrected chi connectivity index (χ1v) is 7.23. The minimum absolute atomic E-state index is 0.0448. The number of para-hydroxylation sites is 1. The largest absolute Gasteiger partial charge is 0.382 e. The maximum atomic E-state index is 12.4. The lowest BCUT2D eigenvalue weighted by Crippen LogP contribution is -2.43. The summed E-state index contributed by atoms with van der Waals surface area (Å²) >= 11 is 0. The molecule has 3 rings (SSSR count). The average molecular weight is 284 g/mol. The number of carbonyl (C=O) groups is 1. The van der Waals surface area contributed by atoms with Crippen LogP contribution in [-0.2, 0) is 24.8 Å². The Hall–Kier alpha value is -2.30. The molecule has 5 heteroatoms. The van der Waals surface area contributed by atoms with Gasteiger partial charge in [0.25, 0.3) is 0 Å². The van der Waals surface area contributed by atoms with Crippen LogP contribution in [0.3, 0.4) is 0 Å². The molecule has 1 aromatic heterocycles. The van der Waals surface area contributed by atoms with Crippen molar-refractivity contribution < 1.29 is 4.79 Å². The number of benzene rings is 1. The van der Waals surface area contributed by atoms with Gasteiger partial charge in [-0.2, -0.15) is 5.10 Å². The number of fused-ring (bicyclic) bond motifs is 1. The molecule has 0 saturated carbocycles. The Morgan fingerprint density at radius 3 is 3.05 bits per heavy atom. The van der Waals surface area contributed by atoms with Crippen LogP contribution in [0.15, 0.2) is 36.7 Å². The van der Waals surface area contributed by atoms with Crippen molar-refractivity contribution in [2.75, 3.05) is 5.32 Å². The van der Waals surface area contributed by atoms with E-state index in [4.69, 9.17) is 0 Å². The van der Waals surface area contributed by atoms with Crippen LogP contribution in [0.5, 0.6) is 0 Å². The Morgan fingerprint density at radius 2 is 2.29 bits per heavy atom. The summed E-state index contributed by atoms with van der Waals surface area (Å²) in [7, 11) is 1.87. The molecule has 0 aliphatic carbocycles. The molecular formula is C16H20N4O. The maximum Gasteiger partial charge on any atom is 0.225 e. The van der Waals surface area contributed by atoms with Gasteiger partial charge in [0.2, 0.25) is 5.91 Å². The Labute approximate surface area is 124 Å². The Kier molecular flexibility index (Phi) is 3.64. The molecule has 2 unspecified atom stereocenters. The normalized spacial score (nSPS) is 20.5. The molecule has 0 saturated heterocycles. The number of carbonyl (C=O) groups excluding carboxylic acids is 1. The third kappa shape index (κ3) is 2.91. The van der Waals surface area contributed by atoms with E-state index in [9.17, 15) is 4.79 Å². The number of nitrogens with zero attached hydrogens (tertiary/aromatic N) is 2. The predicted octanol–water partition coefficient (Wildman–Crippen LogP) is 1.71. The van der Waals surface area contributed by atoms with E-state index in [0.29, 0.717) is 6.54 Å². The Bertz CT molecular complexity index is 649. The van der Waals surface area contributed by atoms with Crippen LogP contribution < -0.4 is 10.6 Å². The summed E-state index contributed by atoms with van der Waals surface area (Å²) in [5, 5.41) is 10.5. The Morgan fingerprint density at radius 1 is 1.48 bits per heavy atom. The molecule has 0 radical (unpaired) electrons. The third-order valence-electron chi connectivity index (χ3n) is 4.01. The highest BCUT2D eigenvalue weighted by Crippen LogP contribution is 2.28. The highest BCUT2D eigenvalue weighted by molar-refractivity contribution is 5.81. The van der Waals surface area contributed by atoms with Gasteiger partial charge in [-0.25, -0.2) is 0 Å². The van der Waals surface area contributed by atoms with E-state index < -0.39 is 0 Å². The molecule has 1 aromatic carbocycles. The molecule has 1 aliphatic heterocycles. The second kappa shape index (κ2) is 5.60. The number of aryl methyl sites for hydroxylation is 1. The first-order chi connectivity index (χ1) is 10.1. The number of amides is 1. The van der Waals surface area contributed by atoms with Gasteiger partial charge in [-0.05, 0) is 25.0 Å². The summed E-state index contributed by atoms with van der Waals surface area (Å²) in [6.45, 7) is 2.59. The number of aromatic nitrogens is 2. The molecule has 21 heavy (non-hydrogen) atoms. The van der Waals surface area contributed by atoms with E-state index in [0.717, 1.165) is 17.7 Å². The quantitative estimate of drug-likeness (QED) is 0.902. The summed E-state index contributed by atoms with van der Waals surface area (Å²) in [5.41, 5.74) is 3.36. The van der Waals surface area contributed by atoms with Crippen LogP contribution in [0, 0.1) is 5.92 Å². The molecule has 0 spiro atoms. The van der Waals surface area contributed by atoms with E-state index in [-0.39, 0.29) is 17.9 Å². The number of rotatable bonds is 3. The highest BCUT2D eigenvalue weighted by Gasteiger charge is 2.30. The van der Waals surface area contributed by atoms with Crippen LogP contribution in [0.4, 0.5) is 5.69 Å². The average Bonchev–Trinajstić information content (AvgIpc) is 2.89. The highest BCUT2D eigenvalue weighted by atomic mass is 16.1. The molecular weight excluding hydrogens is 264 g/mol. The number of anilines is 1. The van der Waals surface area contributed by atoms with E-state index in [1.807, 2.05) is 25.4 Å². The zero-order chi connectivity index (χ0) is 14.8. The molecule has 2 heterocycles. The smallest absolute Gasteiger partial charge is 0.225 e. The molecule has 1 amide bonds. The molecule has 5 nitrogen and oxygen atoms in total. The fourth-order valence-electron chi connectivity index (χ4n) is 2.80. The summed E-state index contributed by atoms with van der Waals surface area (Å²) < 4.78 is 1.74. The number of nitrogens with one attached hydrogen (secondary N) is 2. The molecule has 2 aromatic rings. The molecule has 2 N–H and O–H groups in total. The lowest BCUT2D eigenvalue weighted by atomic mass is 9.87. The predicted molar refractivity (Wildman–Crippen MR) is 81.8 cm³/mol. The van der Waals surface area contributed by atoms with Crippen molar-refractivity contribution in [3.63, 3.8) is 0 Å². The van der Waals surface area contributed by atoms with Crippen molar-refractivity contribution in [2.45, 2.75) is 25.9 Å². The van der Waals surface area contributed by atoms with Crippen molar-refractivity contribution >= 4 is 11.6 Å². The van der Waals surface area contributed by atoms with Gasteiger partial charge in [-0.15, -0.1) is 0 Å². The van der Waals surface area contributed by atoms with Crippen molar-refractivity contribution in [3.05, 3.63) is 47.8 Å². The van der Waals surface area contributed by atoms with Crippen LogP contribution in [0.2, 0.25) is 0 Å². The van der Waals surface area contributed by atoms with Crippen LogP contribution in [0.25, 0.3) is 0 Å². The van der Waals surface area contributed by atoms with E-state index in [1.165, 1.54) is 5.56 Å². The fraction of sp³-hybridized carbons (Fsp3) is 0.375. The number of hydrogen-bond acceptors (Lipinski definition) is 3. The summed E-state index contributed by atoms with van der Waals surface area (Å²) in [5.74, 6) is 0.0462. The standard InChI is InChI=1S/C16H20N4O/c1-11-14(7-13-5-3-4-6-15(13)19-11)16(21)17-8-12-9-18-20(2)10-12/h3-6,9-11,14,19H,7-8H2,1-2H3,(H,17,21).